The number of rotatable bonds is 3. The van der Waals surface area contributed by atoms with Crippen molar-refractivity contribution in [1.82, 2.24) is 10.2 Å². The number of amides is 1. The second-order valence-electron chi connectivity index (χ2n) is 4.55. The Bertz CT molecular complexity index is 432. The molecule has 7 heteroatoms. The molecule has 5 nitrogen and oxygen atoms in total. The van der Waals surface area contributed by atoms with Gasteiger partial charge in [-0.1, -0.05) is 11.8 Å². The van der Waals surface area contributed by atoms with Crippen LogP contribution in [0.1, 0.15) is 19.3 Å². The topological polar surface area (TPSA) is 69.6 Å². The normalized spacial score (nSPS) is 28.3. The first-order valence-corrected chi connectivity index (χ1v) is 7.76. The number of piperidine rings is 1. The van der Waals surface area contributed by atoms with E-state index in [1.165, 1.54) is 4.90 Å². The second-order valence-corrected chi connectivity index (χ2v) is 7.31. The number of carbonyl (C=O) groups excluding carboxylic acids is 1. The summed E-state index contributed by atoms with van der Waals surface area (Å²) in [6.07, 6.45) is 2.58. The second kappa shape index (κ2) is 4.79. The molecule has 98 valence electrons. The minimum Gasteiger partial charge on any atom is -0.477 e. The summed E-state index contributed by atoms with van der Waals surface area (Å²) in [5.74, 6) is -1.04. The molecule has 3 rings (SSSR count). The van der Waals surface area contributed by atoms with Gasteiger partial charge in [0.15, 0.2) is 5.70 Å². The van der Waals surface area contributed by atoms with Gasteiger partial charge in [0.1, 0.15) is 0 Å². The molecule has 0 bridgehead atoms. The van der Waals surface area contributed by atoms with Gasteiger partial charge in [-0.2, -0.15) is 0 Å². The molecule has 0 aromatic heterocycles. The van der Waals surface area contributed by atoms with Crippen LogP contribution in [0.25, 0.3) is 0 Å². The summed E-state index contributed by atoms with van der Waals surface area (Å²) in [6.45, 7) is 1.98. The van der Waals surface area contributed by atoms with E-state index in [2.05, 4.69) is 5.32 Å². The van der Waals surface area contributed by atoms with Crippen LogP contribution >= 0.6 is 23.5 Å². The molecule has 1 atom stereocenters. The zero-order valence-electron chi connectivity index (χ0n) is 9.72. The first-order chi connectivity index (χ1) is 8.66. The summed E-state index contributed by atoms with van der Waals surface area (Å²) in [4.78, 5) is 24.2. The van der Waals surface area contributed by atoms with Crippen molar-refractivity contribution in [3.8, 4) is 0 Å². The molecule has 1 unspecified atom stereocenters. The SMILES string of the molecule is O=C(O)C1=C(SC2CCNCC2)SC2CC(=O)N12. The van der Waals surface area contributed by atoms with Crippen LogP contribution in [-0.2, 0) is 9.59 Å². The number of carbonyl (C=O) groups is 2. The monoisotopic (exact) mass is 286 g/mol. The Balaban J connectivity index is 1.77. The highest BCUT2D eigenvalue weighted by atomic mass is 32.2. The van der Waals surface area contributed by atoms with Crippen molar-refractivity contribution in [3.05, 3.63) is 9.93 Å². The van der Waals surface area contributed by atoms with E-state index < -0.39 is 5.97 Å². The Morgan fingerprint density at radius 3 is 2.78 bits per heavy atom. The van der Waals surface area contributed by atoms with Gasteiger partial charge in [-0.05, 0) is 25.9 Å². The van der Waals surface area contributed by atoms with Crippen LogP contribution in [0, 0.1) is 0 Å². The maximum Gasteiger partial charge on any atom is 0.354 e. The fraction of sp³-hybridized carbons (Fsp3) is 0.636. The number of fused-ring (bicyclic) bond motifs is 1. The highest BCUT2D eigenvalue weighted by molar-refractivity contribution is 8.23. The maximum absolute atomic E-state index is 11.5. The van der Waals surface area contributed by atoms with Gasteiger partial charge in [0.25, 0.3) is 0 Å². The van der Waals surface area contributed by atoms with E-state index in [-0.39, 0.29) is 17.0 Å². The Labute approximate surface area is 113 Å². The van der Waals surface area contributed by atoms with Crippen molar-refractivity contribution in [2.45, 2.75) is 29.9 Å². The van der Waals surface area contributed by atoms with E-state index in [0.717, 1.165) is 30.2 Å². The van der Waals surface area contributed by atoms with Crippen molar-refractivity contribution >= 4 is 35.4 Å². The summed E-state index contributed by atoms with van der Waals surface area (Å²) in [6, 6.07) is 0. The average molecular weight is 286 g/mol. The van der Waals surface area contributed by atoms with Gasteiger partial charge < -0.3 is 10.4 Å². The number of carboxylic acids is 1. The van der Waals surface area contributed by atoms with Crippen molar-refractivity contribution < 1.29 is 14.7 Å². The molecule has 0 aromatic rings. The van der Waals surface area contributed by atoms with Gasteiger partial charge in [-0.15, -0.1) is 11.8 Å². The molecule has 3 aliphatic rings. The van der Waals surface area contributed by atoms with Crippen LogP contribution in [0.15, 0.2) is 9.93 Å². The van der Waals surface area contributed by atoms with Crippen LogP contribution in [0.3, 0.4) is 0 Å². The van der Waals surface area contributed by atoms with Gasteiger partial charge in [0.2, 0.25) is 5.91 Å². The Kier molecular flexibility index (Phi) is 3.29. The van der Waals surface area contributed by atoms with E-state index in [0.29, 0.717) is 11.7 Å². The van der Waals surface area contributed by atoms with Gasteiger partial charge >= 0.3 is 5.97 Å². The Morgan fingerprint density at radius 1 is 1.44 bits per heavy atom. The van der Waals surface area contributed by atoms with Gasteiger partial charge in [-0.25, -0.2) is 4.79 Å². The van der Waals surface area contributed by atoms with Crippen LogP contribution in [-0.4, -0.2) is 45.6 Å². The largest absolute Gasteiger partial charge is 0.477 e. The molecule has 2 N–H and O–H groups in total. The van der Waals surface area contributed by atoms with Gasteiger partial charge in [0.05, 0.1) is 16.0 Å². The molecule has 2 fully saturated rings. The molecule has 18 heavy (non-hydrogen) atoms. The smallest absolute Gasteiger partial charge is 0.354 e. The molecule has 0 aliphatic carbocycles. The Morgan fingerprint density at radius 2 is 2.17 bits per heavy atom. The zero-order chi connectivity index (χ0) is 12.7. The summed E-state index contributed by atoms with van der Waals surface area (Å²) >= 11 is 3.18. The number of thioether (sulfide) groups is 2. The molecule has 0 aromatic carbocycles. The lowest BCUT2D eigenvalue weighted by atomic mass is 10.2. The molecule has 0 radical (unpaired) electrons. The third kappa shape index (κ3) is 2.04. The van der Waals surface area contributed by atoms with Crippen molar-refractivity contribution in [2.24, 2.45) is 0 Å². The summed E-state index contributed by atoms with van der Waals surface area (Å²) in [7, 11) is 0. The lowest BCUT2D eigenvalue weighted by Gasteiger charge is -2.33. The maximum atomic E-state index is 11.5. The third-order valence-corrected chi connectivity index (χ3v) is 6.19. The molecule has 0 spiro atoms. The summed E-state index contributed by atoms with van der Waals surface area (Å²) in [5.41, 5.74) is 0.213. The van der Waals surface area contributed by atoms with E-state index in [4.69, 9.17) is 0 Å². The molecule has 2 saturated heterocycles. The quantitative estimate of drug-likeness (QED) is 0.755. The van der Waals surface area contributed by atoms with Gasteiger partial charge in [-0.3, -0.25) is 9.69 Å². The van der Waals surface area contributed by atoms with Crippen molar-refractivity contribution in [2.75, 3.05) is 13.1 Å². The predicted octanol–water partition coefficient (Wildman–Crippen LogP) is 1.03. The van der Waals surface area contributed by atoms with Gasteiger partial charge in [0, 0.05) is 5.25 Å². The van der Waals surface area contributed by atoms with Crippen LogP contribution in [0.4, 0.5) is 0 Å². The standard InChI is InChI=1S/C11H14N2O3S2/c14-7-5-8-13(7)9(10(15)16)11(18-8)17-6-1-3-12-4-2-6/h6,8,12H,1-5H2,(H,15,16). The molecule has 1 amide bonds. The minimum absolute atomic E-state index is 0.0350. The Hall–Kier alpha value is -0.660. The van der Waals surface area contributed by atoms with Crippen molar-refractivity contribution in [3.63, 3.8) is 0 Å². The summed E-state index contributed by atoms with van der Waals surface area (Å²) in [5, 5.41) is 13.1. The molecule has 3 aliphatic heterocycles. The predicted molar refractivity (Wildman–Crippen MR) is 71.0 cm³/mol. The molecular weight excluding hydrogens is 272 g/mol. The van der Waals surface area contributed by atoms with Crippen molar-refractivity contribution in [1.29, 1.82) is 0 Å². The number of hydrogen-bond donors (Lipinski definition) is 2. The lowest BCUT2D eigenvalue weighted by Crippen LogP contribution is -2.48. The fourth-order valence-electron chi connectivity index (χ4n) is 2.37. The van der Waals surface area contributed by atoms with Crippen LogP contribution in [0.5, 0.6) is 0 Å². The number of aliphatic carboxylic acids is 1. The third-order valence-electron chi connectivity index (χ3n) is 3.35. The highest BCUT2D eigenvalue weighted by Crippen LogP contribution is 2.52. The fourth-order valence-corrected chi connectivity index (χ4v) is 5.50. The van der Waals surface area contributed by atoms with E-state index in [9.17, 15) is 14.7 Å². The zero-order valence-corrected chi connectivity index (χ0v) is 11.4. The average Bonchev–Trinajstić information content (AvgIpc) is 2.63. The first-order valence-electron chi connectivity index (χ1n) is 6.00. The van der Waals surface area contributed by atoms with Crippen LogP contribution in [0.2, 0.25) is 0 Å². The molecular formula is C11H14N2O3S2. The highest BCUT2D eigenvalue weighted by Gasteiger charge is 2.48. The number of β-lactam (4-membered cyclic amide) rings is 1. The van der Waals surface area contributed by atoms with E-state index >= 15 is 0 Å². The molecule has 0 saturated carbocycles. The number of carboxylic acid groups (broad SMARTS) is 1. The van der Waals surface area contributed by atoms with Crippen LogP contribution < -0.4 is 5.32 Å². The van der Waals surface area contributed by atoms with E-state index in [1.54, 1.807) is 23.5 Å². The summed E-state index contributed by atoms with van der Waals surface area (Å²) < 4.78 is 0.824. The number of nitrogens with one attached hydrogen (secondary N) is 1. The number of hydrogen-bond acceptors (Lipinski definition) is 5. The molecule has 3 heterocycles. The number of nitrogens with zero attached hydrogens (tertiary/aromatic N) is 1. The lowest BCUT2D eigenvalue weighted by molar-refractivity contribution is -0.145. The van der Waals surface area contributed by atoms with E-state index in [1.807, 2.05) is 0 Å². The first kappa shape index (κ1) is 12.4. The minimum atomic E-state index is -0.977.